The zero-order valence-electron chi connectivity index (χ0n) is 15.0. The van der Waals surface area contributed by atoms with Crippen LogP contribution in [0.15, 0.2) is 48.5 Å². The maximum absolute atomic E-state index is 10.5. The summed E-state index contributed by atoms with van der Waals surface area (Å²) in [6.45, 7) is 0.951. The molecule has 0 amide bonds. The molecular formula is C20H27O3PS. The minimum Gasteiger partial charge on any atom is -0.416 e. The second kappa shape index (κ2) is 9.96. The van der Waals surface area contributed by atoms with Gasteiger partial charge in [0.05, 0.1) is 0 Å². The van der Waals surface area contributed by atoms with Crippen LogP contribution in [0.1, 0.15) is 50.7 Å². The molecule has 0 spiro atoms. The van der Waals surface area contributed by atoms with Crippen molar-refractivity contribution >= 4 is 18.5 Å². The van der Waals surface area contributed by atoms with Gasteiger partial charge in [0.2, 0.25) is 0 Å². The van der Waals surface area contributed by atoms with Crippen molar-refractivity contribution in [3.05, 3.63) is 59.7 Å². The average molecular weight is 378 g/mol. The number of hydrogen-bond donors (Lipinski definition) is 1. The van der Waals surface area contributed by atoms with E-state index in [4.69, 9.17) is 20.9 Å². The van der Waals surface area contributed by atoms with E-state index in [1.165, 1.54) is 5.56 Å². The van der Waals surface area contributed by atoms with Crippen molar-refractivity contribution in [3.8, 4) is 11.5 Å². The maximum atomic E-state index is 10.5. The normalized spacial score (nSPS) is 13.2. The average Bonchev–Trinajstić information content (AvgIpc) is 2.59. The van der Waals surface area contributed by atoms with Crippen molar-refractivity contribution < 1.29 is 13.9 Å². The summed E-state index contributed by atoms with van der Waals surface area (Å²) < 4.78 is 11.4. The van der Waals surface area contributed by atoms with E-state index in [2.05, 4.69) is 19.9 Å². The number of hydrogen-bond acceptors (Lipinski definition) is 3. The molecule has 1 N–H and O–H groups in total. The first-order valence-electron chi connectivity index (χ1n) is 8.93. The molecule has 0 aliphatic carbocycles. The molecule has 0 saturated heterocycles. The SMILES string of the molecule is CCCCc1cccc(OP(O)(=S)Oc2ccccc2)c1CCCC. The van der Waals surface area contributed by atoms with E-state index in [9.17, 15) is 4.89 Å². The lowest BCUT2D eigenvalue weighted by molar-refractivity contribution is 0.375. The quantitative estimate of drug-likeness (QED) is 0.511. The molecule has 0 aliphatic heterocycles. The first-order valence-corrected chi connectivity index (χ1v) is 11.5. The standard InChI is InChI=1S/C20H27O3PS/c1-3-5-11-17-12-10-16-20(19(17)15-6-4-2)23-24(21,25)22-18-13-8-7-9-14-18/h7-10,12-14,16H,3-6,11,15H2,1-2H3,(H,21,25). The number of benzene rings is 2. The third kappa shape index (κ3) is 6.47. The lowest BCUT2D eigenvalue weighted by Crippen LogP contribution is -2.04. The van der Waals surface area contributed by atoms with E-state index in [0.717, 1.165) is 44.1 Å². The highest BCUT2D eigenvalue weighted by Crippen LogP contribution is 2.46. The summed E-state index contributed by atoms with van der Waals surface area (Å²) in [7, 11) is 0. The molecule has 136 valence electrons. The summed E-state index contributed by atoms with van der Waals surface area (Å²) in [6, 6.07) is 15.1. The van der Waals surface area contributed by atoms with Crippen LogP contribution in [0.5, 0.6) is 11.5 Å². The van der Waals surface area contributed by atoms with Gasteiger partial charge in [-0.25, -0.2) is 0 Å². The van der Waals surface area contributed by atoms with Crippen molar-refractivity contribution in [2.24, 2.45) is 0 Å². The Morgan fingerprint density at radius 2 is 1.56 bits per heavy atom. The highest BCUT2D eigenvalue weighted by Gasteiger charge is 2.21. The molecule has 0 fully saturated rings. The predicted molar refractivity (Wildman–Crippen MR) is 108 cm³/mol. The van der Waals surface area contributed by atoms with Crippen LogP contribution in [0, 0.1) is 0 Å². The van der Waals surface area contributed by atoms with Gasteiger partial charge in [-0.3, -0.25) is 0 Å². The fraction of sp³-hybridized carbons (Fsp3) is 0.400. The number of para-hydroxylation sites is 1. The van der Waals surface area contributed by atoms with Gasteiger partial charge >= 0.3 is 6.72 Å². The summed E-state index contributed by atoms with van der Waals surface area (Å²) >= 11 is 5.23. The van der Waals surface area contributed by atoms with Gasteiger partial charge in [-0.2, -0.15) is 0 Å². The molecule has 0 heterocycles. The second-order valence-electron chi connectivity index (χ2n) is 6.07. The van der Waals surface area contributed by atoms with Crippen molar-refractivity contribution in [1.29, 1.82) is 0 Å². The van der Waals surface area contributed by atoms with Crippen LogP contribution in [-0.4, -0.2) is 4.89 Å². The summed E-state index contributed by atoms with van der Waals surface area (Å²) in [5, 5.41) is 0. The Labute approximate surface area is 156 Å². The van der Waals surface area contributed by atoms with Crippen LogP contribution in [-0.2, 0) is 24.6 Å². The zero-order valence-corrected chi connectivity index (χ0v) is 16.7. The fourth-order valence-corrected chi connectivity index (χ4v) is 4.04. The molecule has 5 heteroatoms. The third-order valence-electron chi connectivity index (χ3n) is 3.99. The largest absolute Gasteiger partial charge is 0.432 e. The minimum atomic E-state index is -3.41. The Bertz CT molecular complexity index is 703. The van der Waals surface area contributed by atoms with Gasteiger partial charge in [0.15, 0.2) is 0 Å². The Balaban J connectivity index is 2.22. The van der Waals surface area contributed by atoms with Crippen molar-refractivity contribution in [3.63, 3.8) is 0 Å². The maximum Gasteiger partial charge on any atom is 0.432 e. The first kappa shape index (κ1) is 20.0. The Morgan fingerprint density at radius 1 is 0.880 bits per heavy atom. The van der Waals surface area contributed by atoms with Crippen LogP contribution in [0.4, 0.5) is 0 Å². The van der Waals surface area contributed by atoms with E-state index >= 15 is 0 Å². The Hall–Kier alpha value is -1.35. The molecule has 0 radical (unpaired) electrons. The monoisotopic (exact) mass is 378 g/mol. The number of unbranched alkanes of at least 4 members (excludes halogenated alkanes) is 2. The molecule has 0 aliphatic rings. The van der Waals surface area contributed by atoms with Crippen LogP contribution in [0.2, 0.25) is 0 Å². The fourth-order valence-electron chi connectivity index (χ4n) is 2.69. The summed E-state index contributed by atoms with van der Waals surface area (Å²) in [4.78, 5) is 10.5. The van der Waals surface area contributed by atoms with E-state index in [-0.39, 0.29) is 0 Å². The summed E-state index contributed by atoms with van der Waals surface area (Å²) in [6.07, 6.45) is 6.40. The van der Waals surface area contributed by atoms with Crippen LogP contribution >= 0.6 is 6.72 Å². The van der Waals surface area contributed by atoms with E-state index in [0.29, 0.717) is 11.5 Å². The lowest BCUT2D eigenvalue weighted by atomic mass is 9.97. The van der Waals surface area contributed by atoms with Gasteiger partial charge in [0.25, 0.3) is 0 Å². The highest BCUT2D eigenvalue weighted by atomic mass is 32.5. The summed E-state index contributed by atoms with van der Waals surface area (Å²) in [5.41, 5.74) is 2.43. The molecular weight excluding hydrogens is 351 g/mol. The van der Waals surface area contributed by atoms with E-state index in [1.54, 1.807) is 12.1 Å². The van der Waals surface area contributed by atoms with Crippen LogP contribution in [0.25, 0.3) is 0 Å². The predicted octanol–water partition coefficient (Wildman–Crippen LogP) is 6.05. The van der Waals surface area contributed by atoms with Crippen LogP contribution < -0.4 is 9.05 Å². The molecule has 25 heavy (non-hydrogen) atoms. The van der Waals surface area contributed by atoms with Gasteiger partial charge in [-0.05, 0) is 55.0 Å². The number of aryl methyl sites for hydroxylation is 1. The van der Waals surface area contributed by atoms with Gasteiger partial charge in [0.1, 0.15) is 11.5 Å². The molecule has 2 rings (SSSR count). The molecule has 3 nitrogen and oxygen atoms in total. The molecule has 2 aromatic carbocycles. The Morgan fingerprint density at radius 3 is 2.24 bits per heavy atom. The molecule has 1 unspecified atom stereocenters. The topological polar surface area (TPSA) is 38.7 Å². The first-order chi connectivity index (χ1) is 12.1. The van der Waals surface area contributed by atoms with E-state index < -0.39 is 6.72 Å². The van der Waals surface area contributed by atoms with Crippen molar-refractivity contribution in [2.45, 2.75) is 52.4 Å². The third-order valence-corrected chi connectivity index (χ3v) is 5.30. The van der Waals surface area contributed by atoms with Gasteiger partial charge in [-0.1, -0.05) is 57.0 Å². The Kier molecular flexibility index (Phi) is 7.95. The molecule has 1 atom stereocenters. The number of rotatable bonds is 10. The van der Waals surface area contributed by atoms with Gasteiger partial charge < -0.3 is 13.9 Å². The van der Waals surface area contributed by atoms with E-state index in [1.807, 2.05) is 30.3 Å². The van der Waals surface area contributed by atoms with Gasteiger partial charge in [0, 0.05) is 11.8 Å². The van der Waals surface area contributed by atoms with Crippen molar-refractivity contribution in [1.82, 2.24) is 0 Å². The zero-order chi connectivity index (χ0) is 18.1. The molecule has 0 aromatic heterocycles. The second-order valence-corrected chi connectivity index (χ2v) is 8.75. The van der Waals surface area contributed by atoms with Gasteiger partial charge in [-0.15, -0.1) is 0 Å². The lowest BCUT2D eigenvalue weighted by Gasteiger charge is -2.21. The van der Waals surface area contributed by atoms with Crippen LogP contribution in [0.3, 0.4) is 0 Å². The molecule has 0 saturated carbocycles. The summed E-state index contributed by atoms with van der Waals surface area (Å²) in [5.74, 6) is 1.18. The molecule has 0 bridgehead atoms. The highest BCUT2D eigenvalue weighted by molar-refractivity contribution is 8.07. The molecule has 2 aromatic rings. The minimum absolute atomic E-state index is 0.519. The van der Waals surface area contributed by atoms with Crippen molar-refractivity contribution in [2.75, 3.05) is 0 Å². The smallest absolute Gasteiger partial charge is 0.416 e.